The molecule has 2 aromatic heterocycles. The van der Waals surface area contributed by atoms with Gasteiger partial charge in [0.1, 0.15) is 11.6 Å². The first kappa shape index (κ1) is 11.6. The van der Waals surface area contributed by atoms with Gasteiger partial charge in [-0.2, -0.15) is 0 Å². The van der Waals surface area contributed by atoms with Crippen LogP contribution in [0.4, 0.5) is 5.82 Å². The molecule has 1 aromatic carbocycles. The summed E-state index contributed by atoms with van der Waals surface area (Å²) >= 11 is 0. The van der Waals surface area contributed by atoms with Crippen LogP contribution in [0.5, 0.6) is 0 Å². The smallest absolute Gasteiger partial charge is 0.130 e. The Bertz CT molecular complexity index is 737. The number of benzene rings is 1. The summed E-state index contributed by atoms with van der Waals surface area (Å²) in [7, 11) is 1.86. The minimum absolute atomic E-state index is 0.758. The Morgan fingerprint density at radius 1 is 1.05 bits per heavy atom. The Balaban J connectivity index is 2.15. The van der Waals surface area contributed by atoms with Crippen molar-refractivity contribution in [2.24, 2.45) is 0 Å². The van der Waals surface area contributed by atoms with Crippen molar-refractivity contribution < 1.29 is 0 Å². The van der Waals surface area contributed by atoms with Crippen molar-refractivity contribution in [3.8, 4) is 11.3 Å². The van der Waals surface area contributed by atoms with E-state index in [1.54, 1.807) is 6.20 Å². The molecule has 1 N–H and O–H groups in total. The van der Waals surface area contributed by atoms with Crippen LogP contribution in [0.1, 0.15) is 5.82 Å². The van der Waals surface area contributed by atoms with Crippen LogP contribution in [0.25, 0.3) is 22.2 Å². The van der Waals surface area contributed by atoms with E-state index >= 15 is 0 Å². The Morgan fingerprint density at radius 3 is 2.79 bits per heavy atom. The highest BCUT2D eigenvalue weighted by molar-refractivity contribution is 5.83. The summed E-state index contributed by atoms with van der Waals surface area (Å²) in [5, 5.41) is 4.16. The second-order valence-corrected chi connectivity index (χ2v) is 4.35. The van der Waals surface area contributed by atoms with Gasteiger partial charge in [-0.15, -0.1) is 0 Å². The molecular weight excluding hydrogens is 236 g/mol. The van der Waals surface area contributed by atoms with Gasteiger partial charge in [-0.3, -0.25) is 4.98 Å². The predicted molar refractivity (Wildman–Crippen MR) is 77.1 cm³/mol. The number of nitrogens with zero attached hydrogens (tertiary/aromatic N) is 3. The molecule has 0 aliphatic rings. The van der Waals surface area contributed by atoms with Crippen LogP contribution >= 0.6 is 0 Å². The zero-order valence-corrected chi connectivity index (χ0v) is 10.9. The van der Waals surface area contributed by atoms with E-state index in [0.717, 1.165) is 33.8 Å². The summed E-state index contributed by atoms with van der Waals surface area (Å²) in [5.41, 5.74) is 2.98. The van der Waals surface area contributed by atoms with Crippen LogP contribution < -0.4 is 5.32 Å². The van der Waals surface area contributed by atoms with Crippen LogP contribution in [0.15, 0.2) is 42.6 Å². The number of aromatic nitrogens is 3. The van der Waals surface area contributed by atoms with Gasteiger partial charge in [-0.1, -0.05) is 12.1 Å². The summed E-state index contributed by atoms with van der Waals surface area (Å²) in [5.74, 6) is 1.59. The van der Waals surface area contributed by atoms with Crippen molar-refractivity contribution in [1.82, 2.24) is 15.0 Å². The quantitative estimate of drug-likeness (QED) is 0.759. The molecule has 4 heteroatoms. The molecule has 3 rings (SSSR count). The number of hydrogen-bond acceptors (Lipinski definition) is 4. The molecule has 0 spiro atoms. The van der Waals surface area contributed by atoms with Crippen molar-refractivity contribution in [3.05, 3.63) is 48.4 Å². The number of rotatable bonds is 2. The molecule has 0 atom stereocenters. The average Bonchev–Trinajstić information content (AvgIpc) is 2.46. The van der Waals surface area contributed by atoms with E-state index in [0.29, 0.717) is 0 Å². The van der Waals surface area contributed by atoms with E-state index in [1.807, 2.05) is 38.2 Å². The minimum atomic E-state index is 0.758. The predicted octanol–water partition coefficient (Wildman–Crippen LogP) is 3.04. The first-order valence-corrected chi connectivity index (χ1v) is 6.15. The first-order chi connectivity index (χ1) is 9.26. The second kappa shape index (κ2) is 4.65. The van der Waals surface area contributed by atoms with Gasteiger partial charge >= 0.3 is 0 Å². The van der Waals surface area contributed by atoms with E-state index in [4.69, 9.17) is 0 Å². The fourth-order valence-corrected chi connectivity index (χ4v) is 2.08. The first-order valence-electron chi connectivity index (χ1n) is 6.15. The fraction of sp³-hybridized carbons (Fsp3) is 0.133. The third-order valence-corrected chi connectivity index (χ3v) is 2.99. The second-order valence-electron chi connectivity index (χ2n) is 4.35. The Kier molecular flexibility index (Phi) is 2.83. The van der Waals surface area contributed by atoms with E-state index in [-0.39, 0.29) is 0 Å². The van der Waals surface area contributed by atoms with Gasteiger partial charge in [0.15, 0.2) is 0 Å². The molecule has 3 aromatic rings. The zero-order chi connectivity index (χ0) is 13.2. The number of fused-ring (bicyclic) bond motifs is 1. The Labute approximate surface area is 111 Å². The topological polar surface area (TPSA) is 50.7 Å². The van der Waals surface area contributed by atoms with Crippen molar-refractivity contribution in [3.63, 3.8) is 0 Å². The monoisotopic (exact) mass is 250 g/mol. The van der Waals surface area contributed by atoms with Gasteiger partial charge < -0.3 is 5.32 Å². The molecule has 0 aliphatic heterocycles. The molecule has 4 nitrogen and oxygen atoms in total. The lowest BCUT2D eigenvalue weighted by molar-refractivity contribution is 1.06. The Morgan fingerprint density at radius 2 is 1.95 bits per heavy atom. The number of nitrogens with one attached hydrogen (secondary N) is 1. The van der Waals surface area contributed by atoms with Gasteiger partial charge in [-0.05, 0) is 25.1 Å². The molecule has 0 radical (unpaired) electrons. The van der Waals surface area contributed by atoms with Gasteiger partial charge in [0.25, 0.3) is 0 Å². The lowest BCUT2D eigenvalue weighted by atomic mass is 10.1. The summed E-state index contributed by atoms with van der Waals surface area (Å²) < 4.78 is 0. The normalized spacial score (nSPS) is 10.6. The molecule has 0 saturated carbocycles. The van der Waals surface area contributed by atoms with Crippen LogP contribution in [0, 0.1) is 6.92 Å². The lowest BCUT2D eigenvalue weighted by Gasteiger charge is -2.06. The molecule has 0 bridgehead atoms. The summed E-state index contributed by atoms with van der Waals surface area (Å²) in [6.07, 6.45) is 1.80. The van der Waals surface area contributed by atoms with Crippen molar-refractivity contribution in [1.29, 1.82) is 0 Å². The molecule has 2 heterocycles. The molecule has 0 amide bonds. The third kappa shape index (κ3) is 2.25. The summed E-state index contributed by atoms with van der Waals surface area (Å²) in [6.45, 7) is 1.90. The van der Waals surface area contributed by atoms with E-state index in [1.165, 1.54) is 0 Å². The van der Waals surface area contributed by atoms with Crippen LogP contribution in [-0.2, 0) is 0 Å². The van der Waals surface area contributed by atoms with Crippen molar-refractivity contribution >= 4 is 16.7 Å². The van der Waals surface area contributed by atoms with Crippen LogP contribution in [0.3, 0.4) is 0 Å². The van der Waals surface area contributed by atoms with Gasteiger partial charge in [0.05, 0.1) is 11.2 Å². The maximum atomic E-state index is 4.49. The SMILES string of the molecule is CNc1cc(-c2ccc3ncccc3c2)nc(C)n1. The van der Waals surface area contributed by atoms with E-state index in [2.05, 4.69) is 32.4 Å². The molecule has 0 saturated heterocycles. The summed E-state index contributed by atoms with van der Waals surface area (Å²) in [6, 6.07) is 12.1. The molecule has 0 aliphatic carbocycles. The maximum Gasteiger partial charge on any atom is 0.130 e. The van der Waals surface area contributed by atoms with Crippen molar-refractivity contribution in [2.75, 3.05) is 12.4 Å². The highest BCUT2D eigenvalue weighted by atomic mass is 15.0. The zero-order valence-electron chi connectivity index (χ0n) is 10.9. The van der Waals surface area contributed by atoms with Gasteiger partial charge in [0.2, 0.25) is 0 Å². The Hall–Kier alpha value is -2.49. The minimum Gasteiger partial charge on any atom is -0.373 e. The number of aryl methyl sites for hydroxylation is 1. The van der Waals surface area contributed by atoms with Crippen LogP contribution in [0.2, 0.25) is 0 Å². The molecule has 0 fully saturated rings. The molecule has 19 heavy (non-hydrogen) atoms. The number of hydrogen-bond donors (Lipinski definition) is 1. The molecular formula is C15H14N4. The van der Waals surface area contributed by atoms with E-state index < -0.39 is 0 Å². The molecule has 0 unspecified atom stereocenters. The third-order valence-electron chi connectivity index (χ3n) is 2.99. The molecule has 94 valence electrons. The fourth-order valence-electron chi connectivity index (χ4n) is 2.08. The van der Waals surface area contributed by atoms with E-state index in [9.17, 15) is 0 Å². The highest BCUT2D eigenvalue weighted by Crippen LogP contribution is 2.23. The lowest BCUT2D eigenvalue weighted by Crippen LogP contribution is -1.98. The average molecular weight is 250 g/mol. The number of anilines is 1. The van der Waals surface area contributed by atoms with Gasteiger partial charge in [-0.25, -0.2) is 9.97 Å². The highest BCUT2D eigenvalue weighted by Gasteiger charge is 2.05. The summed E-state index contributed by atoms with van der Waals surface area (Å²) in [4.78, 5) is 13.1. The maximum absolute atomic E-state index is 4.49. The van der Waals surface area contributed by atoms with Gasteiger partial charge in [0, 0.05) is 30.3 Å². The van der Waals surface area contributed by atoms with Crippen LogP contribution in [-0.4, -0.2) is 22.0 Å². The standard InChI is InChI=1S/C15H14N4/c1-10-18-14(9-15(16-2)19-10)12-5-6-13-11(8-12)4-3-7-17-13/h3-9H,1-2H3,(H,16,18,19). The van der Waals surface area contributed by atoms with Crippen molar-refractivity contribution in [2.45, 2.75) is 6.92 Å². The number of pyridine rings is 1. The largest absolute Gasteiger partial charge is 0.373 e.